The van der Waals surface area contributed by atoms with E-state index in [1.54, 1.807) is 7.11 Å². The van der Waals surface area contributed by atoms with E-state index in [1.165, 1.54) is 0 Å². The van der Waals surface area contributed by atoms with Crippen LogP contribution in [0.1, 0.15) is 24.1 Å². The summed E-state index contributed by atoms with van der Waals surface area (Å²) in [6.45, 7) is 4.10. The molecule has 0 saturated heterocycles. The van der Waals surface area contributed by atoms with Gasteiger partial charge in [-0.2, -0.15) is 0 Å². The topological polar surface area (TPSA) is 43.4 Å². The summed E-state index contributed by atoms with van der Waals surface area (Å²) < 4.78 is 11.1. The van der Waals surface area contributed by atoms with Crippen molar-refractivity contribution in [2.75, 3.05) is 14.2 Å². The first-order chi connectivity index (χ1) is 9.63. The largest absolute Gasteiger partial charge is 0.493 e. The van der Waals surface area contributed by atoms with Gasteiger partial charge in [-0.25, -0.2) is 4.98 Å². The quantitative estimate of drug-likeness (QED) is 0.905. The van der Waals surface area contributed by atoms with E-state index in [0.717, 1.165) is 11.1 Å². The van der Waals surface area contributed by atoms with E-state index in [9.17, 15) is 0 Å². The molecule has 1 N–H and O–H groups in total. The van der Waals surface area contributed by atoms with Crippen LogP contribution in [-0.4, -0.2) is 19.1 Å². The van der Waals surface area contributed by atoms with Gasteiger partial charge in [-0.15, -0.1) is 0 Å². The van der Waals surface area contributed by atoms with Gasteiger partial charge in [0.1, 0.15) is 0 Å². The average Bonchev–Trinajstić information content (AvgIpc) is 2.49. The summed E-state index contributed by atoms with van der Waals surface area (Å²) in [7, 11) is 3.55. The van der Waals surface area contributed by atoms with E-state index in [-0.39, 0.29) is 6.04 Å². The van der Waals surface area contributed by atoms with Gasteiger partial charge in [-0.3, -0.25) is 0 Å². The summed E-state index contributed by atoms with van der Waals surface area (Å²) in [5.41, 5.74) is 2.25. The molecule has 2 rings (SSSR count). The van der Waals surface area contributed by atoms with Crippen LogP contribution < -0.4 is 14.8 Å². The molecule has 0 bridgehead atoms. The number of methoxy groups -OCH3 is 1. The minimum Gasteiger partial charge on any atom is -0.493 e. The fourth-order valence-electron chi connectivity index (χ4n) is 1.85. The average molecular weight is 272 g/mol. The van der Waals surface area contributed by atoms with E-state index in [0.29, 0.717) is 17.4 Å². The van der Waals surface area contributed by atoms with Gasteiger partial charge >= 0.3 is 0 Å². The van der Waals surface area contributed by atoms with E-state index < -0.39 is 0 Å². The Labute approximate surface area is 119 Å². The van der Waals surface area contributed by atoms with E-state index in [4.69, 9.17) is 9.47 Å². The number of pyridine rings is 1. The highest BCUT2D eigenvalue weighted by molar-refractivity contribution is 5.44. The van der Waals surface area contributed by atoms with E-state index in [1.807, 2.05) is 50.5 Å². The fourth-order valence-corrected chi connectivity index (χ4v) is 1.85. The number of ether oxygens (including phenoxy) is 2. The number of benzene rings is 1. The zero-order valence-electron chi connectivity index (χ0n) is 12.3. The van der Waals surface area contributed by atoms with Gasteiger partial charge in [0, 0.05) is 18.3 Å². The predicted molar refractivity (Wildman–Crippen MR) is 79.5 cm³/mol. The summed E-state index contributed by atoms with van der Waals surface area (Å²) >= 11 is 0. The van der Waals surface area contributed by atoms with Crippen LogP contribution >= 0.6 is 0 Å². The number of nitrogens with one attached hydrogen (secondary N) is 1. The van der Waals surface area contributed by atoms with Crippen LogP contribution in [0.2, 0.25) is 0 Å². The number of aromatic nitrogens is 1. The van der Waals surface area contributed by atoms with Crippen molar-refractivity contribution in [1.29, 1.82) is 0 Å². The number of hydrogen-bond acceptors (Lipinski definition) is 4. The summed E-state index contributed by atoms with van der Waals surface area (Å²) in [5, 5.41) is 3.17. The molecule has 2 aromatic rings. The Morgan fingerprint density at radius 1 is 1.15 bits per heavy atom. The highest BCUT2D eigenvalue weighted by Crippen LogP contribution is 2.31. The van der Waals surface area contributed by atoms with Crippen molar-refractivity contribution < 1.29 is 9.47 Å². The van der Waals surface area contributed by atoms with Crippen LogP contribution in [0.4, 0.5) is 0 Å². The van der Waals surface area contributed by atoms with Crippen LogP contribution in [0.25, 0.3) is 0 Å². The first-order valence-corrected chi connectivity index (χ1v) is 6.59. The summed E-state index contributed by atoms with van der Waals surface area (Å²) in [6.07, 6.45) is 1.82. The fraction of sp³-hybridized carbons (Fsp3) is 0.312. The minimum atomic E-state index is 0.269. The minimum absolute atomic E-state index is 0.269. The van der Waals surface area contributed by atoms with Crippen LogP contribution in [-0.2, 0) is 0 Å². The Morgan fingerprint density at radius 2 is 1.95 bits per heavy atom. The van der Waals surface area contributed by atoms with Gasteiger partial charge < -0.3 is 14.8 Å². The van der Waals surface area contributed by atoms with Gasteiger partial charge in [0.15, 0.2) is 11.5 Å². The molecule has 4 nitrogen and oxygen atoms in total. The highest BCUT2D eigenvalue weighted by atomic mass is 16.5. The van der Waals surface area contributed by atoms with Crippen LogP contribution in [0.5, 0.6) is 17.4 Å². The molecule has 1 aromatic carbocycles. The van der Waals surface area contributed by atoms with Crippen molar-refractivity contribution in [1.82, 2.24) is 10.3 Å². The molecule has 20 heavy (non-hydrogen) atoms. The van der Waals surface area contributed by atoms with Gasteiger partial charge in [-0.05, 0) is 44.2 Å². The SMILES string of the molecule is CNC(C)c1ccc(Oc2ccc(C)cc2OC)nc1. The second-order valence-electron chi connectivity index (χ2n) is 4.70. The van der Waals surface area contributed by atoms with Crippen LogP contribution in [0, 0.1) is 6.92 Å². The molecule has 0 radical (unpaired) electrons. The molecule has 0 amide bonds. The smallest absolute Gasteiger partial charge is 0.219 e. The first-order valence-electron chi connectivity index (χ1n) is 6.59. The van der Waals surface area contributed by atoms with Crippen molar-refractivity contribution in [3.63, 3.8) is 0 Å². The number of aryl methyl sites for hydroxylation is 1. The van der Waals surface area contributed by atoms with Crippen molar-refractivity contribution in [2.24, 2.45) is 0 Å². The Balaban J connectivity index is 2.18. The molecule has 0 fully saturated rings. The zero-order valence-corrected chi connectivity index (χ0v) is 12.3. The van der Waals surface area contributed by atoms with Crippen molar-refractivity contribution in [3.8, 4) is 17.4 Å². The summed E-state index contributed by atoms with van der Waals surface area (Å²) in [6, 6.07) is 9.94. The molecule has 0 spiro atoms. The maximum absolute atomic E-state index is 5.77. The zero-order chi connectivity index (χ0) is 14.5. The van der Waals surface area contributed by atoms with E-state index in [2.05, 4.69) is 17.2 Å². The molecule has 0 aliphatic heterocycles. The number of rotatable bonds is 5. The monoisotopic (exact) mass is 272 g/mol. The maximum atomic E-state index is 5.77. The van der Waals surface area contributed by atoms with Crippen molar-refractivity contribution in [2.45, 2.75) is 19.9 Å². The van der Waals surface area contributed by atoms with Crippen LogP contribution in [0.15, 0.2) is 36.5 Å². The molecule has 1 heterocycles. The third-order valence-corrected chi connectivity index (χ3v) is 3.23. The third-order valence-electron chi connectivity index (χ3n) is 3.23. The second-order valence-corrected chi connectivity index (χ2v) is 4.70. The summed E-state index contributed by atoms with van der Waals surface area (Å²) in [4.78, 5) is 4.32. The molecule has 0 aliphatic carbocycles. The first kappa shape index (κ1) is 14.3. The molecule has 1 aromatic heterocycles. The standard InChI is InChI=1S/C16H20N2O2/c1-11-5-7-14(15(9-11)19-4)20-16-8-6-13(10-18-16)12(2)17-3/h5-10,12,17H,1-4H3. The van der Waals surface area contributed by atoms with Crippen LogP contribution in [0.3, 0.4) is 0 Å². The molecule has 0 saturated carbocycles. The maximum Gasteiger partial charge on any atom is 0.219 e. The van der Waals surface area contributed by atoms with E-state index >= 15 is 0 Å². The second kappa shape index (κ2) is 6.39. The third kappa shape index (κ3) is 3.27. The molecule has 106 valence electrons. The lowest BCUT2D eigenvalue weighted by atomic mass is 10.1. The van der Waals surface area contributed by atoms with Crippen molar-refractivity contribution >= 4 is 0 Å². The molecule has 0 aliphatic rings. The highest BCUT2D eigenvalue weighted by Gasteiger charge is 2.08. The molecule has 4 heteroatoms. The summed E-state index contributed by atoms with van der Waals surface area (Å²) in [5.74, 6) is 1.93. The molecule has 1 unspecified atom stereocenters. The number of nitrogens with zero attached hydrogens (tertiary/aromatic N) is 1. The Bertz CT molecular complexity index is 567. The Morgan fingerprint density at radius 3 is 2.55 bits per heavy atom. The lowest BCUT2D eigenvalue weighted by Gasteiger charge is -2.12. The number of hydrogen-bond donors (Lipinski definition) is 1. The Kier molecular flexibility index (Phi) is 4.58. The van der Waals surface area contributed by atoms with Gasteiger partial charge in [-0.1, -0.05) is 12.1 Å². The Hall–Kier alpha value is -2.07. The lowest BCUT2D eigenvalue weighted by Crippen LogP contribution is -2.12. The molecular formula is C16H20N2O2. The van der Waals surface area contributed by atoms with Crippen molar-refractivity contribution in [3.05, 3.63) is 47.7 Å². The molecule has 1 atom stereocenters. The van der Waals surface area contributed by atoms with Gasteiger partial charge in [0.25, 0.3) is 0 Å². The lowest BCUT2D eigenvalue weighted by molar-refractivity contribution is 0.373. The normalized spacial score (nSPS) is 12.0. The molecular weight excluding hydrogens is 252 g/mol. The van der Waals surface area contributed by atoms with Gasteiger partial charge in [0.2, 0.25) is 5.88 Å². The predicted octanol–water partition coefficient (Wildman–Crippen LogP) is 3.47. The van der Waals surface area contributed by atoms with Gasteiger partial charge in [0.05, 0.1) is 7.11 Å².